The van der Waals surface area contributed by atoms with Crippen LogP contribution in [-0.4, -0.2) is 19.1 Å². The van der Waals surface area contributed by atoms with Gasteiger partial charge in [-0.05, 0) is 38.0 Å². The average molecular weight is 260 g/mol. The highest BCUT2D eigenvalue weighted by atomic mass is 16.5. The number of esters is 1. The minimum Gasteiger partial charge on any atom is -0.466 e. The smallest absolute Gasteiger partial charge is 0.305 e. The molecule has 1 aromatic rings. The molecule has 0 saturated heterocycles. The number of nitrogens with one attached hydrogen (secondary N) is 1. The Kier molecular flexibility index (Phi) is 7.11. The van der Waals surface area contributed by atoms with Crippen molar-refractivity contribution in [1.82, 2.24) is 0 Å². The molecule has 4 nitrogen and oxygen atoms in total. The van der Waals surface area contributed by atoms with Crippen LogP contribution in [0.4, 0.5) is 5.69 Å². The van der Waals surface area contributed by atoms with Crippen molar-refractivity contribution in [2.45, 2.75) is 32.6 Å². The molecule has 0 atom stereocenters. The van der Waals surface area contributed by atoms with Crippen molar-refractivity contribution < 1.29 is 9.53 Å². The lowest BCUT2D eigenvalue weighted by Crippen LogP contribution is -2.05. The van der Waals surface area contributed by atoms with Gasteiger partial charge in [-0.2, -0.15) is 5.26 Å². The number of carbonyl (C=O) groups excluding carboxylic acids is 1. The predicted molar refractivity (Wildman–Crippen MR) is 74.7 cm³/mol. The maximum atomic E-state index is 11.1. The molecule has 0 spiro atoms. The summed E-state index contributed by atoms with van der Waals surface area (Å²) in [5.41, 5.74) is 1.62. The van der Waals surface area contributed by atoms with Gasteiger partial charge in [0.25, 0.3) is 0 Å². The molecule has 0 radical (unpaired) electrons. The van der Waals surface area contributed by atoms with Crippen LogP contribution < -0.4 is 5.32 Å². The van der Waals surface area contributed by atoms with Crippen molar-refractivity contribution in [2.24, 2.45) is 0 Å². The number of rotatable bonds is 8. The Morgan fingerprint density at radius 1 is 1.37 bits per heavy atom. The molecule has 0 amide bonds. The van der Waals surface area contributed by atoms with Crippen molar-refractivity contribution in [3.8, 4) is 6.07 Å². The minimum absolute atomic E-state index is 0.114. The van der Waals surface area contributed by atoms with Crippen molar-refractivity contribution in [3.05, 3.63) is 29.8 Å². The third-order valence-electron chi connectivity index (χ3n) is 2.68. The van der Waals surface area contributed by atoms with E-state index in [1.54, 1.807) is 6.07 Å². The molecule has 0 bridgehead atoms. The van der Waals surface area contributed by atoms with Gasteiger partial charge in [-0.3, -0.25) is 4.79 Å². The fourth-order valence-electron chi connectivity index (χ4n) is 1.74. The number of hydrogen-bond donors (Lipinski definition) is 1. The Morgan fingerprint density at radius 3 is 2.95 bits per heavy atom. The topological polar surface area (TPSA) is 62.1 Å². The van der Waals surface area contributed by atoms with E-state index in [2.05, 4.69) is 11.4 Å². The summed E-state index contributed by atoms with van der Waals surface area (Å²) < 4.78 is 4.86. The van der Waals surface area contributed by atoms with E-state index in [-0.39, 0.29) is 5.97 Å². The summed E-state index contributed by atoms with van der Waals surface area (Å²) in [6.07, 6.45) is 3.34. The Hall–Kier alpha value is -2.02. The molecule has 0 aliphatic heterocycles. The van der Waals surface area contributed by atoms with E-state index >= 15 is 0 Å². The molecular weight excluding hydrogens is 240 g/mol. The number of unbranched alkanes of at least 4 members (excludes halogenated alkanes) is 2. The number of benzene rings is 1. The summed E-state index contributed by atoms with van der Waals surface area (Å²) in [5.74, 6) is -0.114. The fraction of sp³-hybridized carbons (Fsp3) is 0.467. The van der Waals surface area contributed by atoms with E-state index in [4.69, 9.17) is 10.00 Å². The lowest BCUT2D eigenvalue weighted by molar-refractivity contribution is -0.143. The number of hydrogen-bond acceptors (Lipinski definition) is 4. The monoisotopic (exact) mass is 260 g/mol. The maximum Gasteiger partial charge on any atom is 0.305 e. The van der Waals surface area contributed by atoms with E-state index in [0.717, 1.165) is 31.5 Å². The minimum atomic E-state index is -0.114. The van der Waals surface area contributed by atoms with Crippen LogP contribution >= 0.6 is 0 Å². The molecule has 19 heavy (non-hydrogen) atoms. The first-order valence-corrected chi connectivity index (χ1v) is 6.66. The molecule has 0 aromatic heterocycles. The fourth-order valence-corrected chi connectivity index (χ4v) is 1.74. The third kappa shape index (κ3) is 6.46. The lowest BCUT2D eigenvalue weighted by Gasteiger charge is -2.06. The van der Waals surface area contributed by atoms with Crippen LogP contribution in [0.2, 0.25) is 0 Å². The molecule has 1 aromatic carbocycles. The molecule has 0 aliphatic carbocycles. The van der Waals surface area contributed by atoms with Gasteiger partial charge in [0.1, 0.15) is 0 Å². The van der Waals surface area contributed by atoms with Crippen LogP contribution in [0.1, 0.15) is 38.2 Å². The SMILES string of the molecule is CCOC(=O)CCCCCNc1cccc(C#N)c1. The first-order valence-electron chi connectivity index (χ1n) is 6.66. The van der Waals surface area contributed by atoms with Crippen LogP contribution in [0.5, 0.6) is 0 Å². The second-order valence-electron chi connectivity index (χ2n) is 4.24. The van der Waals surface area contributed by atoms with Crippen LogP contribution in [0.3, 0.4) is 0 Å². The zero-order valence-corrected chi connectivity index (χ0v) is 11.3. The van der Waals surface area contributed by atoms with Crippen molar-refractivity contribution in [1.29, 1.82) is 5.26 Å². The van der Waals surface area contributed by atoms with E-state index in [1.807, 2.05) is 25.1 Å². The van der Waals surface area contributed by atoms with E-state index in [9.17, 15) is 4.79 Å². The van der Waals surface area contributed by atoms with Crippen LogP contribution in [0.25, 0.3) is 0 Å². The van der Waals surface area contributed by atoms with Gasteiger partial charge in [0.05, 0.1) is 18.2 Å². The Labute approximate surface area is 114 Å². The largest absolute Gasteiger partial charge is 0.466 e. The third-order valence-corrected chi connectivity index (χ3v) is 2.68. The second kappa shape index (κ2) is 8.98. The average Bonchev–Trinajstić information content (AvgIpc) is 2.43. The quantitative estimate of drug-likeness (QED) is 0.576. The summed E-state index contributed by atoms with van der Waals surface area (Å²) in [5, 5.41) is 12.0. The Morgan fingerprint density at radius 2 is 2.21 bits per heavy atom. The second-order valence-corrected chi connectivity index (χ2v) is 4.24. The highest BCUT2D eigenvalue weighted by Crippen LogP contribution is 2.10. The van der Waals surface area contributed by atoms with Gasteiger partial charge in [-0.1, -0.05) is 12.5 Å². The van der Waals surface area contributed by atoms with Gasteiger partial charge in [-0.15, -0.1) is 0 Å². The van der Waals surface area contributed by atoms with E-state index < -0.39 is 0 Å². The first-order chi connectivity index (χ1) is 9.26. The van der Waals surface area contributed by atoms with Gasteiger partial charge < -0.3 is 10.1 Å². The Balaban J connectivity index is 2.11. The summed E-state index contributed by atoms with van der Waals surface area (Å²) in [6, 6.07) is 9.53. The molecule has 1 N–H and O–H groups in total. The van der Waals surface area contributed by atoms with Gasteiger partial charge in [0.15, 0.2) is 0 Å². The number of ether oxygens (including phenoxy) is 1. The summed E-state index contributed by atoms with van der Waals surface area (Å²) in [6.45, 7) is 3.12. The molecule has 4 heteroatoms. The van der Waals surface area contributed by atoms with Gasteiger partial charge in [0, 0.05) is 18.7 Å². The highest BCUT2D eigenvalue weighted by Gasteiger charge is 2.00. The number of nitrogens with zero attached hydrogens (tertiary/aromatic N) is 1. The predicted octanol–water partition coefficient (Wildman–Crippen LogP) is 3.09. The number of anilines is 1. The molecule has 0 heterocycles. The van der Waals surface area contributed by atoms with E-state index in [0.29, 0.717) is 18.6 Å². The molecular formula is C15H20N2O2. The first kappa shape index (κ1) is 15.0. The summed E-state index contributed by atoms with van der Waals surface area (Å²) in [7, 11) is 0. The zero-order valence-electron chi connectivity index (χ0n) is 11.3. The molecule has 0 saturated carbocycles. The number of nitriles is 1. The molecule has 102 valence electrons. The van der Waals surface area contributed by atoms with Crippen LogP contribution in [-0.2, 0) is 9.53 Å². The number of carbonyl (C=O) groups is 1. The van der Waals surface area contributed by atoms with Crippen LogP contribution in [0.15, 0.2) is 24.3 Å². The maximum absolute atomic E-state index is 11.1. The van der Waals surface area contributed by atoms with Crippen molar-refractivity contribution in [2.75, 3.05) is 18.5 Å². The molecule has 0 aliphatic rings. The van der Waals surface area contributed by atoms with Gasteiger partial charge >= 0.3 is 5.97 Å². The van der Waals surface area contributed by atoms with E-state index in [1.165, 1.54) is 0 Å². The lowest BCUT2D eigenvalue weighted by atomic mass is 10.2. The highest BCUT2D eigenvalue weighted by molar-refractivity contribution is 5.69. The van der Waals surface area contributed by atoms with Crippen LogP contribution in [0, 0.1) is 11.3 Å². The van der Waals surface area contributed by atoms with Gasteiger partial charge in [0.2, 0.25) is 0 Å². The van der Waals surface area contributed by atoms with Crippen molar-refractivity contribution in [3.63, 3.8) is 0 Å². The molecule has 0 fully saturated rings. The molecule has 0 unspecified atom stereocenters. The van der Waals surface area contributed by atoms with Gasteiger partial charge in [-0.25, -0.2) is 0 Å². The standard InChI is InChI=1S/C15H20N2O2/c1-2-19-15(18)9-4-3-5-10-17-14-8-6-7-13(11-14)12-16/h6-8,11,17H,2-5,9-10H2,1H3. The zero-order chi connectivity index (χ0) is 13.9. The molecule has 1 rings (SSSR count). The van der Waals surface area contributed by atoms with Crippen molar-refractivity contribution >= 4 is 11.7 Å². The normalized spacial score (nSPS) is 9.68. The Bertz CT molecular complexity index is 438. The summed E-state index contributed by atoms with van der Waals surface area (Å²) in [4.78, 5) is 11.1. The summed E-state index contributed by atoms with van der Waals surface area (Å²) >= 11 is 0.